The molecule has 0 spiro atoms. The topological polar surface area (TPSA) is 48.5 Å². The molecule has 2 aromatic rings. The molecule has 156 valence electrons. The molecule has 1 amide bonds. The number of piperidine rings is 1. The van der Waals surface area contributed by atoms with Gasteiger partial charge in [0.1, 0.15) is 0 Å². The summed E-state index contributed by atoms with van der Waals surface area (Å²) in [6.45, 7) is 2.87. The molecule has 0 aliphatic carbocycles. The van der Waals surface area contributed by atoms with E-state index in [4.69, 9.17) is 0 Å². The Hall–Kier alpha value is -2.54. The van der Waals surface area contributed by atoms with Crippen molar-refractivity contribution in [3.05, 3.63) is 53.7 Å². The zero-order valence-electron chi connectivity index (χ0n) is 16.9. The van der Waals surface area contributed by atoms with Gasteiger partial charge in [-0.15, -0.1) is 0 Å². The number of amides is 1. The standard InChI is InChI=1S/C22H28F2N4O/c1-27(2)12-8-16-9-13-28(14-10-16)21-19(7-4-11-25-21)26-22(29)18-6-3-5-17(15-18)20(23)24/h3-7,11,15-16,20H,8-10,12-14H2,1-2H3,(H,26,29). The van der Waals surface area contributed by atoms with Crippen LogP contribution in [0.5, 0.6) is 0 Å². The molecule has 0 bridgehead atoms. The van der Waals surface area contributed by atoms with Gasteiger partial charge >= 0.3 is 0 Å². The Morgan fingerprint density at radius 3 is 2.69 bits per heavy atom. The summed E-state index contributed by atoms with van der Waals surface area (Å²) in [5.41, 5.74) is 0.649. The van der Waals surface area contributed by atoms with Crippen LogP contribution in [0.3, 0.4) is 0 Å². The van der Waals surface area contributed by atoms with E-state index in [-0.39, 0.29) is 11.1 Å². The van der Waals surface area contributed by atoms with Crippen molar-refractivity contribution in [1.82, 2.24) is 9.88 Å². The van der Waals surface area contributed by atoms with Crippen molar-refractivity contribution in [3.8, 4) is 0 Å². The third-order valence-corrected chi connectivity index (χ3v) is 5.33. The minimum absolute atomic E-state index is 0.163. The summed E-state index contributed by atoms with van der Waals surface area (Å²) >= 11 is 0. The summed E-state index contributed by atoms with van der Waals surface area (Å²) < 4.78 is 25.8. The number of aromatic nitrogens is 1. The summed E-state index contributed by atoms with van der Waals surface area (Å²) in [6.07, 6.45) is 2.47. The van der Waals surface area contributed by atoms with Crippen molar-refractivity contribution in [1.29, 1.82) is 0 Å². The summed E-state index contributed by atoms with van der Waals surface area (Å²) in [6, 6.07) is 9.12. The lowest BCUT2D eigenvalue weighted by Crippen LogP contribution is -2.35. The number of nitrogens with zero attached hydrogens (tertiary/aromatic N) is 3. The first-order valence-electron chi connectivity index (χ1n) is 9.98. The Kier molecular flexibility index (Phi) is 7.14. The van der Waals surface area contributed by atoms with Gasteiger partial charge in [-0.3, -0.25) is 4.79 Å². The maximum Gasteiger partial charge on any atom is 0.263 e. The third-order valence-electron chi connectivity index (χ3n) is 5.33. The summed E-state index contributed by atoms with van der Waals surface area (Å²) in [7, 11) is 4.18. The number of halogens is 2. The van der Waals surface area contributed by atoms with Crippen molar-refractivity contribution in [2.24, 2.45) is 5.92 Å². The van der Waals surface area contributed by atoms with Gasteiger partial charge in [0.2, 0.25) is 0 Å². The van der Waals surface area contributed by atoms with Gasteiger partial charge < -0.3 is 15.1 Å². The van der Waals surface area contributed by atoms with Crippen molar-refractivity contribution in [3.63, 3.8) is 0 Å². The number of hydrogen-bond acceptors (Lipinski definition) is 4. The predicted octanol–water partition coefficient (Wildman–Crippen LogP) is 4.44. The van der Waals surface area contributed by atoms with Gasteiger partial charge in [0, 0.05) is 30.4 Å². The van der Waals surface area contributed by atoms with Crippen LogP contribution in [0.4, 0.5) is 20.3 Å². The van der Waals surface area contributed by atoms with E-state index < -0.39 is 12.3 Å². The Labute approximate surface area is 170 Å². The van der Waals surface area contributed by atoms with E-state index in [0.29, 0.717) is 11.6 Å². The quantitative estimate of drug-likeness (QED) is 0.744. The number of hydrogen-bond donors (Lipinski definition) is 1. The highest BCUT2D eigenvalue weighted by molar-refractivity contribution is 6.05. The van der Waals surface area contributed by atoms with E-state index in [2.05, 4.69) is 34.2 Å². The number of benzene rings is 1. The summed E-state index contributed by atoms with van der Waals surface area (Å²) in [5, 5.41) is 2.85. The molecule has 1 aliphatic rings. The average molecular weight is 402 g/mol. The van der Waals surface area contributed by atoms with Crippen LogP contribution in [0.1, 0.15) is 41.6 Å². The smallest absolute Gasteiger partial charge is 0.263 e. The molecule has 2 heterocycles. The lowest BCUT2D eigenvalue weighted by atomic mass is 9.93. The van der Waals surface area contributed by atoms with Crippen molar-refractivity contribution < 1.29 is 13.6 Å². The zero-order valence-corrected chi connectivity index (χ0v) is 16.9. The van der Waals surface area contributed by atoms with Crippen LogP contribution in [0, 0.1) is 5.92 Å². The molecule has 29 heavy (non-hydrogen) atoms. The van der Waals surface area contributed by atoms with Crippen LogP contribution < -0.4 is 10.2 Å². The predicted molar refractivity (Wildman–Crippen MR) is 112 cm³/mol. The second-order valence-corrected chi connectivity index (χ2v) is 7.78. The fourth-order valence-electron chi connectivity index (χ4n) is 3.63. The summed E-state index contributed by atoms with van der Waals surface area (Å²) in [4.78, 5) is 21.5. The van der Waals surface area contributed by atoms with Gasteiger partial charge in [-0.2, -0.15) is 0 Å². The molecular formula is C22H28F2N4O. The zero-order chi connectivity index (χ0) is 20.8. The molecule has 1 fully saturated rings. The van der Waals surface area contributed by atoms with E-state index in [1.165, 1.54) is 30.7 Å². The second-order valence-electron chi connectivity index (χ2n) is 7.78. The number of anilines is 2. The maximum atomic E-state index is 12.9. The Morgan fingerprint density at radius 2 is 2.00 bits per heavy atom. The van der Waals surface area contributed by atoms with Gasteiger partial charge in [0.05, 0.1) is 5.69 Å². The maximum absolute atomic E-state index is 12.9. The molecule has 0 radical (unpaired) electrons. The first kappa shape index (κ1) is 21.2. The van der Waals surface area contributed by atoms with Gasteiger partial charge in [-0.25, -0.2) is 13.8 Å². The van der Waals surface area contributed by atoms with Gasteiger partial charge in [0.25, 0.3) is 12.3 Å². The van der Waals surface area contributed by atoms with Crippen LogP contribution in [-0.2, 0) is 0 Å². The van der Waals surface area contributed by atoms with Crippen molar-refractivity contribution >= 4 is 17.4 Å². The van der Waals surface area contributed by atoms with E-state index in [9.17, 15) is 13.6 Å². The number of rotatable bonds is 7. The Morgan fingerprint density at radius 1 is 1.24 bits per heavy atom. The van der Waals surface area contributed by atoms with Gasteiger partial charge in [-0.05, 0) is 70.1 Å². The van der Waals surface area contributed by atoms with Crippen molar-refractivity contribution in [2.45, 2.75) is 25.7 Å². The molecule has 1 N–H and O–H groups in total. The van der Waals surface area contributed by atoms with Crippen LogP contribution in [0.15, 0.2) is 42.6 Å². The Bertz CT molecular complexity index is 820. The molecule has 1 saturated heterocycles. The monoisotopic (exact) mass is 402 g/mol. The van der Waals surface area contributed by atoms with Crippen LogP contribution in [0.2, 0.25) is 0 Å². The lowest BCUT2D eigenvalue weighted by Gasteiger charge is -2.34. The molecule has 3 rings (SSSR count). The highest BCUT2D eigenvalue weighted by Crippen LogP contribution is 2.29. The van der Waals surface area contributed by atoms with Gasteiger partial charge in [-0.1, -0.05) is 12.1 Å². The molecule has 0 atom stereocenters. The number of alkyl halides is 2. The molecule has 0 unspecified atom stereocenters. The second kappa shape index (κ2) is 9.78. The largest absolute Gasteiger partial charge is 0.355 e. The molecular weight excluding hydrogens is 374 g/mol. The van der Waals surface area contributed by atoms with E-state index in [1.807, 2.05) is 0 Å². The fourth-order valence-corrected chi connectivity index (χ4v) is 3.63. The third kappa shape index (κ3) is 5.73. The minimum Gasteiger partial charge on any atom is -0.355 e. The average Bonchev–Trinajstić information content (AvgIpc) is 2.73. The van der Waals surface area contributed by atoms with E-state index >= 15 is 0 Å². The Balaban J connectivity index is 1.67. The molecule has 1 aromatic carbocycles. The van der Waals surface area contributed by atoms with Crippen LogP contribution in [0.25, 0.3) is 0 Å². The van der Waals surface area contributed by atoms with E-state index in [1.54, 1.807) is 18.3 Å². The van der Waals surface area contributed by atoms with E-state index in [0.717, 1.165) is 38.3 Å². The molecule has 5 nitrogen and oxygen atoms in total. The SMILES string of the molecule is CN(C)CCC1CCN(c2ncccc2NC(=O)c2cccc(C(F)F)c2)CC1. The molecule has 0 saturated carbocycles. The number of carbonyl (C=O) groups excluding carboxylic acids is 1. The molecule has 1 aliphatic heterocycles. The lowest BCUT2D eigenvalue weighted by molar-refractivity contribution is 0.102. The highest BCUT2D eigenvalue weighted by Gasteiger charge is 2.22. The highest BCUT2D eigenvalue weighted by atomic mass is 19.3. The van der Waals surface area contributed by atoms with Gasteiger partial charge in [0.15, 0.2) is 5.82 Å². The molecule has 7 heteroatoms. The fraction of sp³-hybridized carbons (Fsp3) is 0.455. The van der Waals surface area contributed by atoms with Crippen LogP contribution in [-0.4, -0.2) is 49.5 Å². The first-order chi connectivity index (χ1) is 13.9. The van der Waals surface area contributed by atoms with Crippen molar-refractivity contribution in [2.75, 3.05) is 43.9 Å². The number of carbonyl (C=O) groups is 1. The summed E-state index contributed by atoms with van der Waals surface area (Å²) in [5.74, 6) is 1.02. The van der Waals surface area contributed by atoms with Crippen LogP contribution >= 0.6 is 0 Å². The molecule has 1 aromatic heterocycles. The normalized spacial score (nSPS) is 15.2. The first-order valence-corrected chi connectivity index (χ1v) is 9.98. The number of pyridine rings is 1. The number of nitrogens with one attached hydrogen (secondary N) is 1. The minimum atomic E-state index is -2.61.